The molecule has 5 N–H and O–H groups in total. The molecular weight excluding hydrogens is 466 g/mol. The highest BCUT2D eigenvalue weighted by Crippen LogP contribution is 2.28. The number of likely N-dealkylation sites (tertiary alicyclic amines) is 1. The molecule has 0 aliphatic carbocycles. The Bertz CT molecular complexity index is 1470. The monoisotopic (exact) mass is 495 g/mol. The Balaban J connectivity index is 1.28. The SMILES string of the molecule is NC(=O)c1cccc(C(=O)c2ccc3c(C=Nc4ccc(NCCN5CCCC5)cc4)c(O)[nH]c3c2)c1. The van der Waals surface area contributed by atoms with Gasteiger partial charge in [-0.15, -0.1) is 0 Å². The molecule has 2 heterocycles. The van der Waals surface area contributed by atoms with E-state index in [1.54, 1.807) is 42.6 Å². The third-order valence-corrected chi connectivity index (χ3v) is 6.66. The van der Waals surface area contributed by atoms with Gasteiger partial charge in [-0.3, -0.25) is 14.6 Å². The van der Waals surface area contributed by atoms with Crippen LogP contribution in [0.25, 0.3) is 10.9 Å². The number of carbonyl (C=O) groups excluding carboxylic acids is 2. The van der Waals surface area contributed by atoms with E-state index in [0.717, 1.165) is 29.9 Å². The Morgan fingerprint density at radius 1 is 1.00 bits per heavy atom. The number of fused-ring (bicyclic) bond motifs is 1. The third kappa shape index (κ3) is 5.54. The molecule has 0 unspecified atom stereocenters. The number of amides is 1. The van der Waals surface area contributed by atoms with Gasteiger partial charge in [-0.25, -0.2) is 0 Å². The Morgan fingerprint density at radius 3 is 2.49 bits per heavy atom. The molecular formula is C29H29N5O3. The minimum absolute atomic E-state index is 0.0284. The fourth-order valence-electron chi connectivity index (χ4n) is 4.63. The first-order chi connectivity index (χ1) is 18.0. The van der Waals surface area contributed by atoms with E-state index in [2.05, 4.69) is 20.2 Å². The second-order valence-corrected chi connectivity index (χ2v) is 9.20. The lowest BCUT2D eigenvalue weighted by Gasteiger charge is -2.15. The number of rotatable bonds is 9. The number of aromatic hydroxyl groups is 1. The van der Waals surface area contributed by atoms with E-state index in [1.165, 1.54) is 32.0 Å². The van der Waals surface area contributed by atoms with Gasteiger partial charge in [0, 0.05) is 52.6 Å². The lowest BCUT2D eigenvalue weighted by molar-refractivity contribution is 0.1000. The van der Waals surface area contributed by atoms with Gasteiger partial charge in [0.1, 0.15) is 0 Å². The van der Waals surface area contributed by atoms with Crippen LogP contribution in [-0.2, 0) is 0 Å². The summed E-state index contributed by atoms with van der Waals surface area (Å²) in [5, 5.41) is 14.7. The topological polar surface area (TPSA) is 124 Å². The van der Waals surface area contributed by atoms with Gasteiger partial charge < -0.3 is 26.0 Å². The van der Waals surface area contributed by atoms with Crippen molar-refractivity contribution in [3.63, 3.8) is 0 Å². The molecule has 3 aromatic carbocycles. The van der Waals surface area contributed by atoms with Gasteiger partial charge in [0.25, 0.3) is 0 Å². The highest BCUT2D eigenvalue weighted by molar-refractivity contribution is 6.12. The van der Waals surface area contributed by atoms with Crippen LogP contribution < -0.4 is 11.1 Å². The summed E-state index contributed by atoms with van der Waals surface area (Å²) in [6.45, 7) is 4.34. The second kappa shape index (κ2) is 10.7. The smallest absolute Gasteiger partial charge is 0.248 e. The lowest BCUT2D eigenvalue weighted by Crippen LogP contribution is -2.25. The Morgan fingerprint density at radius 2 is 1.73 bits per heavy atom. The summed E-state index contributed by atoms with van der Waals surface area (Å²) in [6.07, 6.45) is 4.21. The van der Waals surface area contributed by atoms with E-state index in [0.29, 0.717) is 22.2 Å². The number of ketones is 1. The van der Waals surface area contributed by atoms with E-state index in [4.69, 9.17) is 5.73 Å². The molecule has 1 aliphatic heterocycles. The predicted molar refractivity (Wildman–Crippen MR) is 146 cm³/mol. The molecule has 188 valence electrons. The van der Waals surface area contributed by atoms with Crippen molar-refractivity contribution in [2.24, 2.45) is 10.7 Å². The summed E-state index contributed by atoms with van der Waals surface area (Å²) in [6, 6.07) is 19.3. The number of aromatic amines is 1. The van der Waals surface area contributed by atoms with Gasteiger partial charge in [0.05, 0.1) is 11.3 Å². The summed E-state index contributed by atoms with van der Waals surface area (Å²) in [5.41, 5.74) is 9.35. The van der Waals surface area contributed by atoms with Crippen LogP contribution in [0.4, 0.5) is 11.4 Å². The third-order valence-electron chi connectivity index (χ3n) is 6.66. The number of aliphatic imine (C=N–C) groups is 1. The van der Waals surface area contributed by atoms with Gasteiger partial charge in [-0.2, -0.15) is 0 Å². The average molecular weight is 496 g/mol. The number of aromatic nitrogens is 1. The molecule has 37 heavy (non-hydrogen) atoms. The number of nitrogens with zero attached hydrogens (tertiary/aromatic N) is 2. The fourth-order valence-corrected chi connectivity index (χ4v) is 4.63. The maximum absolute atomic E-state index is 13.0. The van der Waals surface area contributed by atoms with E-state index in [9.17, 15) is 14.7 Å². The predicted octanol–water partition coefficient (Wildman–Crippen LogP) is 4.46. The summed E-state index contributed by atoms with van der Waals surface area (Å²) >= 11 is 0. The molecule has 0 atom stereocenters. The molecule has 1 saturated heterocycles. The minimum atomic E-state index is -0.591. The summed E-state index contributed by atoms with van der Waals surface area (Å²) in [7, 11) is 0. The molecule has 5 rings (SSSR count). The maximum atomic E-state index is 13.0. The Hall–Kier alpha value is -4.43. The van der Waals surface area contributed by atoms with Gasteiger partial charge >= 0.3 is 0 Å². The van der Waals surface area contributed by atoms with Crippen LogP contribution in [0, 0.1) is 0 Å². The van der Waals surface area contributed by atoms with E-state index >= 15 is 0 Å². The zero-order valence-corrected chi connectivity index (χ0v) is 20.4. The van der Waals surface area contributed by atoms with Crippen LogP contribution in [0.3, 0.4) is 0 Å². The molecule has 8 heteroatoms. The van der Waals surface area contributed by atoms with Crippen LogP contribution >= 0.6 is 0 Å². The second-order valence-electron chi connectivity index (χ2n) is 9.20. The van der Waals surface area contributed by atoms with Crippen LogP contribution in [-0.4, -0.2) is 59.1 Å². The van der Waals surface area contributed by atoms with Gasteiger partial charge in [0.15, 0.2) is 11.7 Å². The molecule has 0 radical (unpaired) electrons. The molecule has 0 saturated carbocycles. The number of primary amides is 1. The number of anilines is 1. The average Bonchev–Trinajstić information content (AvgIpc) is 3.54. The summed E-state index contributed by atoms with van der Waals surface area (Å²) in [5.74, 6) is -0.866. The maximum Gasteiger partial charge on any atom is 0.248 e. The Kier molecular flexibility index (Phi) is 7.00. The number of hydrogen-bond donors (Lipinski definition) is 4. The van der Waals surface area contributed by atoms with Crippen molar-refractivity contribution in [1.29, 1.82) is 0 Å². The van der Waals surface area contributed by atoms with Gasteiger partial charge in [-0.1, -0.05) is 24.3 Å². The minimum Gasteiger partial charge on any atom is -0.494 e. The fraction of sp³-hybridized carbons (Fsp3) is 0.207. The first-order valence-electron chi connectivity index (χ1n) is 12.4. The van der Waals surface area contributed by atoms with E-state index in [1.807, 2.05) is 24.3 Å². The first-order valence-corrected chi connectivity index (χ1v) is 12.4. The van der Waals surface area contributed by atoms with Crippen molar-refractivity contribution in [3.05, 3.63) is 89.0 Å². The zero-order chi connectivity index (χ0) is 25.8. The molecule has 1 fully saturated rings. The van der Waals surface area contributed by atoms with Crippen molar-refractivity contribution < 1.29 is 14.7 Å². The molecule has 0 spiro atoms. The molecule has 8 nitrogen and oxygen atoms in total. The number of carbonyl (C=O) groups is 2. The molecule has 1 amide bonds. The van der Waals surface area contributed by atoms with E-state index < -0.39 is 5.91 Å². The van der Waals surface area contributed by atoms with Gasteiger partial charge in [-0.05, 0) is 68.4 Å². The van der Waals surface area contributed by atoms with Gasteiger partial charge in [0.2, 0.25) is 5.91 Å². The van der Waals surface area contributed by atoms with Crippen molar-refractivity contribution in [2.75, 3.05) is 31.5 Å². The number of nitrogens with one attached hydrogen (secondary N) is 2. The van der Waals surface area contributed by atoms with Crippen molar-refractivity contribution in [1.82, 2.24) is 9.88 Å². The number of nitrogens with two attached hydrogens (primary N) is 1. The van der Waals surface area contributed by atoms with E-state index in [-0.39, 0.29) is 17.2 Å². The first kappa shape index (κ1) is 24.3. The van der Waals surface area contributed by atoms with Crippen LogP contribution in [0.15, 0.2) is 71.7 Å². The number of H-pyrrole nitrogens is 1. The number of benzene rings is 3. The molecule has 1 aliphatic rings. The largest absolute Gasteiger partial charge is 0.494 e. The van der Waals surface area contributed by atoms with Crippen LogP contribution in [0.5, 0.6) is 5.88 Å². The van der Waals surface area contributed by atoms with Crippen molar-refractivity contribution in [2.45, 2.75) is 12.8 Å². The Labute approximate surface area is 214 Å². The summed E-state index contributed by atoms with van der Waals surface area (Å²) < 4.78 is 0. The molecule has 0 bridgehead atoms. The van der Waals surface area contributed by atoms with Crippen molar-refractivity contribution in [3.8, 4) is 5.88 Å². The van der Waals surface area contributed by atoms with Crippen molar-refractivity contribution >= 4 is 40.2 Å². The highest BCUT2D eigenvalue weighted by atomic mass is 16.3. The zero-order valence-electron chi connectivity index (χ0n) is 20.4. The standard InChI is InChI=1S/C29H29N5O3/c30-28(36)21-5-3-4-19(16-21)27(35)20-6-11-24-25(29(37)33-26(24)17-20)18-32-23-9-7-22(8-10-23)31-12-15-34-13-1-2-14-34/h3-11,16-18,31,33,37H,1-2,12-15H2,(H2,30,36). The summed E-state index contributed by atoms with van der Waals surface area (Å²) in [4.78, 5) is 34.3. The normalized spacial score (nSPS) is 13.9. The quantitative estimate of drug-likeness (QED) is 0.202. The molecule has 1 aromatic heterocycles. The van der Waals surface area contributed by atoms with Crippen LogP contribution in [0.1, 0.15) is 44.7 Å². The number of hydrogen-bond acceptors (Lipinski definition) is 6. The lowest BCUT2D eigenvalue weighted by atomic mass is 10.00. The van der Waals surface area contributed by atoms with Crippen LogP contribution in [0.2, 0.25) is 0 Å². The molecule has 4 aromatic rings. The highest BCUT2D eigenvalue weighted by Gasteiger charge is 2.15.